The molecule has 3 aromatic rings. The van der Waals surface area contributed by atoms with Gasteiger partial charge in [-0.25, -0.2) is 4.98 Å². The Labute approximate surface area is 235 Å². The van der Waals surface area contributed by atoms with Gasteiger partial charge in [0, 0.05) is 48.1 Å². The van der Waals surface area contributed by atoms with Gasteiger partial charge < -0.3 is 4.90 Å². The lowest BCUT2D eigenvalue weighted by Crippen LogP contribution is -2.34. The average Bonchev–Trinajstić information content (AvgIpc) is 3.48. The van der Waals surface area contributed by atoms with Crippen LogP contribution in [0.15, 0.2) is 55.3 Å². The Bertz CT molecular complexity index is 1240. The summed E-state index contributed by atoms with van der Waals surface area (Å²) in [6.45, 7) is 14.4. The van der Waals surface area contributed by atoms with Crippen LogP contribution in [0.1, 0.15) is 107 Å². The molecule has 0 atom stereocenters. The molecule has 0 unspecified atom stereocenters. The van der Waals surface area contributed by atoms with Crippen LogP contribution >= 0.6 is 0 Å². The molecule has 0 saturated heterocycles. The minimum Gasteiger partial charge on any atom is -0.330 e. The summed E-state index contributed by atoms with van der Waals surface area (Å²) in [6.07, 6.45) is 20.7. The van der Waals surface area contributed by atoms with E-state index in [4.69, 9.17) is 16.5 Å². The van der Waals surface area contributed by atoms with E-state index >= 15 is 0 Å². The van der Waals surface area contributed by atoms with Gasteiger partial charge in [-0.2, -0.15) is 5.10 Å². The predicted octanol–water partition coefficient (Wildman–Crippen LogP) is 8.67. The fourth-order valence-corrected chi connectivity index (χ4v) is 6.68. The fourth-order valence-electron chi connectivity index (χ4n) is 6.68. The van der Waals surface area contributed by atoms with Crippen molar-refractivity contribution in [1.82, 2.24) is 19.7 Å². The van der Waals surface area contributed by atoms with Crippen LogP contribution in [0.2, 0.25) is 0 Å². The standard InChI is InChI=1S/C34H47N5/c1-6-33-25(4)18-31(20-36-33)29-14-12-27(13-15-29)22-38(26(5)28-10-8-7-9-11-28)34-19-30(16-17-35-34)32-21-37-39(23-32)24(2)3/h16-21,23-24,27-29H,5-15,22H2,1-4H3. The third-order valence-corrected chi connectivity index (χ3v) is 9.21. The zero-order valence-corrected chi connectivity index (χ0v) is 24.6. The van der Waals surface area contributed by atoms with Crippen LogP contribution in [-0.2, 0) is 6.42 Å². The number of pyridine rings is 2. The molecule has 2 aliphatic carbocycles. The third-order valence-electron chi connectivity index (χ3n) is 9.21. The number of rotatable bonds is 9. The van der Waals surface area contributed by atoms with E-state index in [0.29, 0.717) is 23.8 Å². The topological polar surface area (TPSA) is 46.8 Å². The second-order valence-corrected chi connectivity index (χ2v) is 12.2. The molecule has 0 amide bonds. The van der Waals surface area contributed by atoms with Gasteiger partial charge in [0.05, 0.1) is 6.20 Å². The zero-order valence-electron chi connectivity index (χ0n) is 24.6. The highest BCUT2D eigenvalue weighted by molar-refractivity contribution is 5.66. The molecule has 0 aromatic carbocycles. The molecule has 5 heteroatoms. The number of aryl methyl sites for hydroxylation is 2. The molecular weight excluding hydrogens is 478 g/mol. The normalized spacial score (nSPS) is 20.3. The highest BCUT2D eigenvalue weighted by Crippen LogP contribution is 2.39. The molecule has 0 bridgehead atoms. The summed E-state index contributed by atoms with van der Waals surface area (Å²) < 4.78 is 2.03. The summed E-state index contributed by atoms with van der Waals surface area (Å²) >= 11 is 0. The Kier molecular flexibility index (Phi) is 8.84. The van der Waals surface area contributed by atoms with Crippen molar-refractivity contribution in [3.05, 3.63) is 72.1 Å². The summed E-state index contributed by atoms with van der Waals surface area (Å²) in [5.41, 5.74) is 7.61. The van der Waals surface area contributed by atoms with Crippen molar-refractivity contribution in [2.75, 3.05) is 11.4 Å². The first kappa shape index (κ1) is 27.6. The molecule has 2 aliphatic rings. The van der Waals surface area contributed by atoms with Crippen molar-refractivity contribution in [3.63, 3.8) is 0 Å². The average molecular weight is 526 g/mol. The Morgan fingerprint density at radius 1 is 1.00 bits per heavy atom. The van der Waals surface area contributed by atoms with Crippen LogP contribution in [0.4, 0.5) is 5.82 Å². The minimum atomic E-state index is 0.349. The molecule has 2 fully saturated rings. The molecule has 0 radical (unpaired) electrons. The van der Waals surface area contributed by atoms with Crippen LogP contribution in [0.25, 0.3) is 11.1 Å². The van der Waals surface area contributed by atoms with E-state index in [1.54, 1.807) is 0 Å². The Morgan fingerprint density at radius 2 is 1.77 bits per heavy atom. The zero-order chi connectivity index (χ0) is 27.4. The maximum Gasteiger partial charge on any atom is 0.133 e. The van der Waals surface area contributed by atoms with Crippen molar-refractivity contribution in [2.45, 2.75) is 104 Å². The molecule has 5 nitrogen and oxygen atoms in total. The monoisotopic (exact) mass is 525 g/mol. The molecule has 208 valence electrons. The minimum absolute atomic E-state index is 0.349. The summed E-state index contributed by atoms with van der Waals surface area (Å²) in [7, 11) is 0. The lowest BCUT2D eigenvalue weighted by molar-refractivity contribution is 0.322. The number of nitrogens with zero attached hydrogens (tertiary/aromatic N) is 5. The molecule has 3 aromatic heterocycles. The van der Waals surface area contributed by atoms with Crippen LogP contribution in [0, 0.1) is 18.8 Å². The molecule has 39 heavy (non-hydrogen) atoms. The lowest BCUT2D eigenvalue weighted by atomic mass is 9.78. The number of allylic oxidation sites excluding steroid dienone is 1. The molecule has 5 rings (SSSR count). The van der Waals surface area contributed by atoms with Gasteiger partial charge in [-0.3, -0.25) is 9.67 Å². The molecule has 0 aliphatic heterocycles. The number of hydrogen-bond acceptors (Lipinski definition) is 4. The number of aromatic nitrogens is 4. The van der Waals surface area contributed by atoms with Crippen molar-refractivity contribution >= 4 is 5.82 Å². The first-order valence-electron chi connectivity index (χ1n) is 15.3. The lowest BCUT2D eigenvalue weighted by Gasteiger charge is -2.37. The first-order valence-corrected chi connectivity index (χ1v) is 15.3. The Morgan fingerprint density at radius 3 is 2.44 bits per heavy atom. The van der Waals surface area contributed by atoms with Crippen molar-refractivity contribution in [2.24, 2.45) is 11.8 Å². The van der Waals surface area contributed by atoms with E-state index in [1.165, 1.54) is 85.9 Å². The van der Waals surface area contributed by atoms with Crippen molar-refractivity contribution < 1.29 is 0 Å². The van der Waals surface area contributed by atoms with E-state index in [1.807, 2.05) is 17.1 Å². The Balaban J connectivity index is 1.33. The van der Waals surface area contributed by atoms with E-state index < -0.39 is 0 Å². The number of anilines is 1. The van der Waals surface area contributed by atoms with Crippen LogP contribution in [0.3, 0.4) is 0 Å². The van der Waals surface area contributed by atoms with Gasteiger partial charge in [-0.15, -0.1) is 0 Å². The highest BCUT2D eigenvalue weighted by Gasteiger charge is 2.28. The Hall–Kier alpha value is -2.95. The number of hydrogen-bond donors (Lipinski definition) is 0. The maximum absolute atomic E-state index is 4.91. The summed E-state index contributed by atoms with van der Waals surface area (Å²) in [5.74, 6) is 2.89. The van der Waals surface area contributed by atoms with Gasteiger partial charge in [0.1, 0.15) is 5.82 Å². The quantitative estimate of drug-likeness (QED) is 0.280. The van der Waals surface area contributed by atoms with Gasteiger partial charge in [-0.05, 0) is 112 Å². The third kappa shape index (κ3) is 6.45. The molecule has 0 N–H and O–H groups in total. The second-order valence-electron chi connectivity index (χ2n) is 12.2. The van der Waals surface area contributed by atoms with E-state index in [9.17, 15) is 0 Å². The van der Waals surface area contributed by atoms with E-state index in [2.05, 4.69) is 68.3 Å². The molecular formula is C34H47N5. The fraction of sp³-hybridized carbons (Fsp3) is 0.559. The summed E-state index contributed by atoms with van der Waals surface area (Å²) in [4.78, 5) is 12.2. The highest BCUT2D eigenvalue weighted by atomic mass is 15.3. The van der Waals surface area contributed by atoms with Gasteiger partial charge in [0.2, 0.25) is 0 Å². The SMILES string of the molecule is C=C(C1CCCCC1)N(CC1CCC(c2cnc(CC)c(C)c2)CC1)c1cc(-c2cnn(C(C)C)c2)ccn1. The van der Waals surface area contributed by atoms with Gasteiger partial charge >= 0.3 is 0 Å². The predicted molar refractivity (Wildman–Crippen MR) is 162 cm³/mol. The second kappa shape index (κ2) is 12.5. The van der Waals surface area contributed by atoms with Crippen molar-refractivity contribution in [1.29, 1.82) is 0 Å². The smallest absolute Gasteiger partial charge is 0.133 e. The summed E-state index contributed by atoms with van der Waals surface area (Å²) in [5, 5.41) is 4.58. The van der Waals surface area contributed by atoms with Gasteiger partial charge in [0.25, 0.3) is 0 Å². The maximum atomic E-state index is 4.91. The van der Waals surface area contributed by atoms with Gasteiger partial charge in [-0.1, -0.05) is 38.8 Å². The van der Waals surface area contributed by atoms with E-state index in [-0.39, 0.29) is 0 Å². The largest absolute Gasteiger partial charge is 0.330 e. The van der Waals surface area contributed by atoms with E-state index in [0.717, 1.165) is 24.3 Å². The van der Waals surface area contributed by atoms with Crippen LogP contribution < -0.4 is 4.90 Å². The molecule has 2 saturated carbocycles. The van der Waals surface area contributed by atoms with Gasteiger partial charge in [0.15, 0.2) is 0 Å². The first-order chi connectivity index (χ1) is 18.9. The summed E-state index contributed by atoms with van der Waals surface area (Å²) in [6, 6.07) is 7.11. The van der Waals surface area contributed by atoms with Crippen LogP contribution in [-0.4, -0.2) is 26.3 Å². The molecule has 3 heterocycles. The van der Waals surface area contributed by atoms with Crippen LogP contribution in [0.5, 0.6) is 0 Å². The molecule has 0 spiro atoms. The van der Waals surface area contributed by atoms with Crippen molar-refractivity contribution in [3.8, 4) is 11.1 Å².